The van der Waals surface area contributed by atoms with Crippen molar-refractivity contribution >= 4 is 5.69 Å². The lowest BCUT2D eigenvalue weighted by molar-refractivity contribution is -0.384. The van der Waals surface area contributed by atoms with Crippen LogP contribution in [-0.4, -0.2) is 9.91 Å². The molecule has 0 aliphatic rings. The first-order valence-corrected chi connectivity index (χ1v) is 6.70. The summed E-state index contributed by atoms with van der Waals surface area (Å²) in [5.41, 5.74) is 0.701. The number of halogens is 1. The molecule has 0 fully saturated rings. The third-order valence-corrected chi connectivity index (χ3v) is 3.09. The summed E-state index contributed by atoms with van der Waals surface area (Å²) >= 11 is 0. The fraction of sp³-hybridized carbons (Fsp3) is 0.0625. The monoisotopic (exact) mass is 314 g/mol. The van der Waals surface area contributed by atoms with Crippen LogP contribution in [-0.2, 0) is 6.61 Å². The molecular weight excluding hydrogens is 303 g/mol. The number of hydrogen-bond donors (Lipinski definition) is 0. The average Bonchev–Trinajstić information content (AvgIpc) is 3.03. The van der Waals surface area contributed by atoms with E-state index >= 15 is 0 Å². The first-order chi connectivity index (χ1) is 11.1. The van der Waals surface area contributed by atoms with Gasteiger partial charge >= 0.3 is 0 Å². The van der Waals surface area contributed by atoms with Crippen molar-refractivity contribution in [3.8, 4) is 17.1 Å². The minimum absolute atomic E-state index is 0.00734. The molecule has 0 unspecified atom stereocenters. The Morgan fingerprint density at radius 2 is 1.83 bits per heavy atom. The molecule has 3 aromatic rings. The molecule has 1 heterocycles. The van der Waals surface area contributed by atoms with Crippen LogP contribution in [0.2, 0.25) is 0 Å². The molecule has 0 spiro atoms. The number of rotatable bonds is 5. The van der Waals surface area contributed by atoms with Gasteiger partial charge in [-0.3, -0.25) is 10.1 Å². The van der Waals surface area contributed by atoms with Crippen molar-refractivity contribution < 1.29 is 18.5 Å². The Balaban J connectivity index is 1.65. The molecule has 0 amide bonds. The van der Waals surface area contributed by atoms with Crippen LogP contribution in [0.25, 0.3) is 11.3 Å². The molecule has 1 aromatic heterocycles. The van der Waals surface area contributed by atoms with Gasteiger partial charge in [0, 0.05) is 17.7 Å². The number of aromatic nitrogens is 1. The van der Waals surface area contributed by atoms with E-state index in [1.54, 1.807) is 12.1 Å². The molecular formula is C16H11FN2O4. The SMILES string of the molecule is O=[N+]([O-])c1ccc(OCc2ncc(-c3ccc(F)cc3)o2)cc1. The topological polar surface area (TPSA) is 78.4 Å². The third-order valence-electron chi connectivity index (χ3n) is 3.09. The largest absolute Gasteiger partial charge is 0.484 e. The Morgan fingerprint density at radius 1 is 1.13 bits per heavy atom. The van der Waals surface area contributed by atoms with Gasteiger partial charge in [0.05, 0.1) is 11.1 Å². The van der Waals surface area contributed by atoms with Crippen molar-refractivity contribution in [2.75, 3.05) is 0 Å². The molecule has 3 rings (SSSR count). The number of nitro groups is 1. The number of non-ortho nitro benzene ring substituents is 1. The van der Waals surface area contributed by atoms with E-state index in [9.17, 15) is 14.5 Å². The lowest BCUT2D eigenvalue weighted by Crippen LogP contribution is -1.95. The molecule has 23 heavy (non-hydrogen) atoms. The summed E-state index contributed by atoms with van der Waals surface area (Å²) in [5.74, 6) is 1.00. The highest BCUT2D eigenvalue weighted by atomic mass is 19.1. The highest BCUT2D eigenvalue weighted by molar-refractivity contribution is 5.55. The van der Waals surface area contributed by atoms with Gasteiger partial charge in [0.15, 0.2) is 12.4 Å². The van der Waals surface area contributed by atoms with Gasteiger partial charge < -0.3 is 9.15 Å². The minimum atomic E-state index is -0.479. The quantitative estimate of drug-likeness (QED) is 0.526. The van der Waals surface area contributed by atoms with Gasteiger partial charge in [0.25, 0.3) is 5.69 Å². The summed E-state index contributed by atoms with van der Waals surface area (Å²) in [6.45, 7) is 0.0823. The molecule has 0 radical (unpaired) electrons. The smallest absolute Gasteiger partial charge is 0.269 e. The van der Waals surface area contributed by atoms with Crippen LogP contribution in [0.4, 0.5) is 10.1 Å². The fourth-order valence-corrected chi connectivity index (χ4v) is 1.93. The summed E-state index contributed by atoms with van der Waals surface area (Å²) in [6.07, 6.45) is 1.53. The van der Waals surface area contributed by atoms with Crippen LogP contribution < -0.4 is 4.74 Å². The summed E-state index contributed by atoms with van der Waals surface area (Å²) in [7, 11) is 0. The zero-order chi connectivity index (χ0) is 16.2. The maximum absolute atomic E-state index is 12.9. The van der Waals surface area contributed by atoms with Gasteiger partial charge in [-0.2, -0.15) is 0 Å². The van der Waals surface area contributed by atoms with Gasteiger partial charge in [0.2, 0.25) is 5.89 Å². The lowest BCUT2D eigenvalue weighted by atomic mass is 10.2. The number of nitrogens with zero attached hydrogens (tertiary/aromatic N) is 2. The van der Waals surface area contributed by atoms with E-state index in [2.05, 4.69) is 4.98 Å². The number of benzene rings is 2. The standard InChI is InChI=1S/C16H11FN2O4/c17-12-3-1-11(2-4-12)15-9-18-16(23-15)10-22-14-7-5-13(6-8-14)19(20)21/h1-9H,10H2. The molecule has 6 nitrogen and oxygen atoms in total. The molecule has 2 aromatic carbocycles. The second-order valence-electron chi connectivity index (χ2n) is 4.66. The van der Waals surface area contributed by atoms with E-state index < -0.39 is 4.92 Å². The average molecular weight is 314 g/mol. The molecule has 0 saturated carbocycles. The van der Waals surface area contributed by atoms with Crippen molar-refractivity contribution in [1.82, 2.24) is 4.98 Å². The van der Waals surface area contributed by atoms with E-state index in [4.69, 9.17) is 9.15 Å². The second-order valence-corrected chi connectivity index (χ2v) is 4.66. The Labute approximate surface area is 130 Å². The van der Waals surface area contributed by atoms with Gasteiger partial charge in [-0.05, 0) is 36.4 Å². The van der Waals surface area contributed by atoms with E-state index in [1.807, 2.05) is 0 Å². The molecule has 0 saturated heterocycles. The van der Waals surface area contributed by atoms with Crippen molar-refractivity contribution in [1.29, 1.82) is 0 Å². The second kappa shape index (κ2) is 6.27. The molecule has 0 N–H and O–H groups in total. The zero-order valence-electron chi connectivity index (χ0n) is 11.8. The molecule has 0 aliphatic carbocycles. The first-order valence-electron chi connectivity index (χ1n) is 6.70. The summed E-state index contributed by atoms with van der Waals surface area (Å²) in [6, 6.07) is 11.6. The van der Waals surface area contributed by atoms with Crippen LogP contribution in [0, 0.1) is 15.9 Å². The van der Waals surface area contributed by atoms with Crippen LogP contribution in [0.3, 0.4) is 0 Å². The normalized spacial score (nSPS) is 10.5. The maximum atomic E-state index is 12.9. The first kappa shape index (κ1) is 14.7. The van der Waals surface area contributed by atoms with E-state index in [0.29, 0.717) is 23.0 Å². The van der Waals surface area contributed by atoms with E-state index in [0.717, 1.165) is 0 Å². The van der Waals surface area contributed by atoms with Crippen LogP contribution in [0.5, 0.6) is 5.75 Å². The number of hydrogen-bond acceptors (Lipinski definition) is 5. The van der Waals surface area contributed by atoms with Gasteiger partial charge in [-0.25, -0.2) is 9.37 Å². The van der Waals surface area contributed by atoms with Crippen molar-refractivity contribution in [3.63, 3.8) is 0 Å². The van der Waals surface area contributed by atoms with Gasteiger partial charge in [0.1, 0.15) is 11.6 Å². The van der Waals surface area contributed by atoms with Gasteiger partial charge in [-0.15, -0.1) is 0 Å². The maximum Gasteiger partial charge on any atom is 0.269 e. The molecule has 0 atom stereocenters. The van der Waals surface area contributed by atoms with E-state index in [-0.39, 0.29) is 18.1 Å². The number of nitro benzene ring substituents is 1. The van der Waals surface area contributed by atoms with Crippen molar-refractivity contribution in [2.24, 2.45) is 0 Å². The summed E-state index contributed by atoms with van der Waals surface area (Å²) < 4.78 is 23.9. The van der Waals surface area contributed by atoms with Crippen molar-refractivity contribution in [2.45, 2.75) is 6.61 Å². The van der Waals surface area contributed by atoms with Crippen molar-refractivity contribution in [3.05, 3.63) is 76.6 Å². The predicted octanol–water partition coefficient (Wildman–Crippen LogP) is 3.97. The molecule has 0 aliphatic heterocycles. The third kappa shape index (κ3) is 3.52. The lowest BCUT2D eigenvalue weighted by Gasteiger charge is -2.02. The Bertz CT molecular complexity index is 813. The Kier molecular flexibility index (Phi) is 4.01. The van der Waals surface area contributed by atoms with Gasteiger partial charge in [-0.1, -0.05) is 0 Å². The number of oxazole rings is 1. The molecule has 116 valence electrons. The Hall–Kier alpha value is -3.22. The summed E-state index contributed by atoms with van der Waals surface area (Å²) in [5, 5.41) is 10.6. The zero-order valence-corrected chi connectivity index (χ0v) is 11.8. The Morgan fingerprint density at radius 3 is 2.48 bits per heavy atom. The van der Waals surface area contributed by atoms with Crippen LogP contribution in [0.15, 0.2) is 59.1 Å². The van der Waals surface area contributed by atoms with Crippen LogP contribution >= 0.6 is 0 Å². The number of ether oxygens (including phenoxy) is 1. The van der Waals surface area contributed by atoms with Crippen LogP contribution in [0.1, 0.15) is 5.89 Å². The fourth-order valence-electron chi connectivity index (χ4n) is 1.93. The van der Waals surface area contributed by atoms with E-state index in [1.165, 1.54) is 42.6 Å². The predicted molar refractivity (Wildman–Crippen MR) is 79.3 cm³/mol. The molecule has 0 bridgehead atoms. The highest BCUT2D eigenvalue weighted by Crippen LogP contribution is 2.22. The minimum Gasteiger partial charge on any atom is -0.484 e. The summed E-state index contributed by atoms with van der Waals surface area (Å²) in [4.78, 5) is 14.2. The molecule has 7 heteroatoms. The highest BCUT2D eigenvalue weighted by Gasteiger charge is 2.08.